The van der Waals surface area contributed by atoms with Crippen molar-refractivity contribution in [3.8, 4) is 0 Å². The van der Waals surface area contributed by atoms with E-state index in [-0.39, 0.29) is 10.5 Å². The summed E-state index contributed by atoms with van der Waals surface area (Å²) < 4.78 is 24.1. The maximum atomic E-state index is 12.0. The van der Waals surface area contributed by atoms with Gasteiger partial charge in [0.15, 0.2) is 9.84 Å². The Kier molecular flexibility index (Phi) is 5.26. The molecule has 2 rings (SSSR count). The van der Waals surface area contributed by atoms with Gasteiger partial charge in [0.25, 0.3) is 5.24 Å². The second-order valence-corrected chi connectivity index (χ2v) is 8.09. The van der Waals surface area contributed by atoms with E-state index in [1.165, 1.54) is 17.8 Å². The number of pyridine rings is 1. The van der Waals surface area contributed by atoms with E-state index in [9.17, 15) is 13.2 Å². The largest absolute Gasteiger partial charge is 0.276 e. The van der Waals surface area contributed by atoms with Crippen LogP contribution in [0.3, 0.4) is 0 Å². The van der Waals surface area contributed by atoms with Crippen LogP contribution in [0.25, 0.3) is 0 Å². The van der Waals surface area contributed by atoms with Crippen molar-refractivity contribution < 1.29 is 13.2 Å². The van der Waals surface area contributed by atoms with Gasteiger partial charge in [-0.25, -0.2) is 8.42 Å². The molecule has 7 heteroatoms. The third-order valence-electron chi connectivity index (χ3n) is 3.02. The van der Waals surface area contributed by atoms with Crippen molar-refractivity contribution in [3.05, 3.63) is 47.8 Å². The number of sulfone groups is 1. The molecule has 2 aromatic rings. The van der Waals surface area contributed by atoms with Crippen molar-refractivity contribution in [2.24, 2.45) is 0 Å². The zero-order chi connectivity index (χ0) is 16.3. The summed E-state index contributed by atoms with van der Waals surface area (Å²) >= 11 is 6.87. The van der Waals surface area contributed by atoms with E-state index >= 15 is 0 Å². The summed E-state index contributed by atoms with van der Waals surface area (Å²) in [5.41, 5.74) is 0.957. The van der Waals surface area contributed by atoms with Gasteiger partial charge in [-0.3, -0.25) is 9.78 Å². The zero-order valence-electron chi connectivity index (χ0n) is 12.0. The lowest BCUT2D eigenvalue weighted by Gasteiger charge is -2.12. The molecule has 0 atom stereocenters. The number of aryl methyl sites for hydroxylation is 1. The fourth-order valence-corrected chi connectivity index (χ4v) is 4.37. The second kappa shape index (κ2) is 6.81. The van der Waals surface area contributed by atoms with Crippen LogP contribution in [0.5, 0.6) is 0 Å². The summed E-state index contributed by atoms with van der Waals surface area (Å²) in [7, 11) is -3.49. The molecule has 0 N–H and O–H groups in total. The van der Waals surface area contributed by atoms with E-state index in [1.807, 2.05) is 13.0 Å². The molecule has 22 heavy (non-hydrogen) atoms. The van der Waals surface area contributed by atoms with Gasteiger partial charge in [-0.1, -0.05) is 18.7 Å². The van der Waals surface area contributed by atoms with Crippen LogP contribution in [0.15, 0.2) is 51.3 Å². The van der Waals surface area contributed by atoms with Crippen LogP contribution in [0, 0.1) is 0 Å². The first kappa shape index (κ1) is 17.0. The van der Waals surface area contributed by atoms with E-state index in [2.05, 4.69) is 4.98 Å². The summed E-state index contributed by atoms with van der Waals surface area (Å²) in [6.45, 7) is 1.89. The smallest absolute Gasteiger partial charge is 0.252 e. The monoisotopic (exact) mass is 355 g/mol. The van der Waals surface area contributed by atoms with Gasteiger partial charge in [0.2, 0.25) is 0 Å². The van der Waals surface area contributed by atoms with Crippen LogP contribution in [-0.4, -0.2) is 24.9 Å². The number of carbonyl (C=O) groups is 1. The molecule has 1 aromatic heterocycles. The van der Waals surface area contributed by atoms with Gasteiger partial charge in [-0.05, 0) is 47.9 Å². The van der Waals surface area contributed by atoms with Crippen LogP contribution in [0.1, 0.15) is 22.8 Å². The summed E-state index contributed by atoms with van der Waals surface area (Å²) in [6, 6.07) is 6.70. The second-order valence-electron chi connectivity index (χ2n) is 4.65. The van der Waals surface area contributed by atoms with E-state index in [4.69, 9.17) is 11.6 Å². The van der Waals surface area contributed by atoms with Gasteiger partial charge in [-0.2, -0.15) is 0 Å². The summed E-state index contributed by atoms with van der Waals surface area (Å²) in [5.74, 6) is 0. The minimum Gasteiger partial charge on any atom is -0.276 e. The standard InChI is InChI=1S/C15H14ClNO3S2/c1-3-10-7-13(21-11-5-4-6-17-9-11)14(22(2,19)20)8-12(10)15(16)18/h4-9H,3H2,1-2H3. The number of rotatable bonds is 5. The topological polar surface area (TPSA) is 64.1 Å². The Labute approximate surface area is 138 Å². The van der Waals surface area contributed by atoms with Crippen LogP contribution in [-0.2, 0) is 16.3 Å². The third kappa shape index (κ3) is 3.88. The van der Waals surface area contributed by atoms with Crippen LogP contribution in [0.4, 0.5) is 0 Å². The molecule has 0 aliphatic carbocycles. The molecule has 0 radical (unpaired) electrons. The molecule has 0 saturated carbocycles. The number of hydrogen-bond acceptors (Lipinski definition) is 5. The maximum Gasteiger partial charge on any atom is 0.252 e. The summed E-state index contributed by atoms with van der Waals surface area (Å²) in [5, 5.41) is -0.653. The molecule has 0 fully saturated rings. The molecule has 0 aliphatic heterocycles. The van der Waals surface area contributed by atoms with Gasteiger partial charge in [0.1, 0.15) is 0 Å². The molecule has 1 heterocycles. The molecular formula is C15H14ClNO3S2. The predicted octanol–water partition coefficient (Wildman–Crippen LogP) is 3.58. The number of halogens is 1. The fourth-order valence-electron chi connectivity index (χ4n) is 1.98. The van der Waals surface area contributed by atoms with E-state index in [0.717, 1.165) is 16.7 Å². The summed E-state index contributed by atoms with van der Waals surface area (Å²) in [6.07, 6.45) is 5.00. The number of aromatic nitrogens is 1. The zero-order valence-corrected chi connectivity index (χ0v) is 14.4. The predicted molar refractivity (Wildman–Crippen MR) is 87.5 cm³/mol. The van der Waals surface area contributed by atoms with Crippen LogP contribution >= 0.6 is 23.4 Å². The van der Waals surface area contributed by atoms with Crippen molar-refractivity contribution in [1.29, 1.82) is 0 Å². The minimum atomic E-state index is -3.49. The lowest BCUT2D eigenvalue weighted by molar-refractivity contribution is 0.108. The Bertz CT molecular complexity index is 805. The highest BCUT2D eigenvalue weighted by atomic mass is 35.5. The lowest BCUT2D eigenvalue weighted by atomic mass is 10.1. The maximum absolute atomic E-state index is 12.0. The minimum absolute atomic E-state index is 0.0996. The van der Waals surface area contributed by atoms with Crippen LogP contribution in [0.2, 0.25) is 0 Å². The Morgan fingerprint density at radius 3 is 2.59 bits per heavy atom. The highest BCUT2D eigenvalue weighted by Gasteiger charge is 2.20. The van der Waals surface area contributed by atoms with Crippen molar-refractivity contribution in [2.45, 2.75) is 28.0 Å². The van der Waals surface area contributed by atoms with E-state index in [1.54, 1.807) is 24.5 Å². The van der Waals surface area contributed by atoms with Crippen molar-refractivity contribution >= 4 is 38.4 Å². The van der Waals surface area contributed by atoms with Crippen LogP contribution < -0.4 is 0 Å². The molecule has 0 unspecified atom stereocenters. The number of hydrogen-bond donors (Lipinski definition) is 0. The van der Waals surface area contributed by atoms with E-state index in [0.29, 0.717) is 11.3 Å². The highest BCUT2D eigenvalue weighted by Crippen LogP contribution is 2.35. The number of carbonyl (C=O) groups excluding carboxylic acids is 1. The van der Waals surface area contributed by atoms with Crippen molar-refractivity contribution in [3.63, 3.8) is 0 Å². The van der Waals surface area contributed by atoms with Gasteiger partial charge in [0.05, 0.1) is 4.90 Å². The first-order chi connectivity index (χ1) is 10.3. The Balaban J connectivity index is 2.63. The lowest BCUT2D eigenvalue weighted by Crippen LogP contribution is -2.05. The van der Waals surface area contributed by atoms with Gasteiger partial charge in [-0.15, -0.1) is 0 Å². The first-order valence-electron chi connectivity index (χ1n) is 6.47. The molecular weight excluding hydrogens is 342 g/mol. The van der Waals surface area contributed by atoms with Gasteiger partial charge >= 0.3 is 0 Å². The molecule has 0 aliphatic rings. The first-order valence-corrected chi connectivity index (χ1v) is 9.56. The SMILES string of the molecule is CCc1cc(Sc2cccnc2)c(S(C)(=O)=O)cc1C(=O)Cl. The third-order valence-corrected chi connectivity index (χ3v) is 5.53. The quantitative estimate of drug-likeness (QED) is 0.767. The molecule has 0 bridgehead atoms. The van der Waals surface area contributed by atoms with E-state index < -0.39 is 15.1 Å². The average Bonchev–Trinajstić information content (AvgIpc) is 2.46. The average molecular weight is 356 g/mol. The van der Waals surface area contributed by atoms with Crippen molar-refractivity contribution in [1.82, 2.24) is 4.98 Å². The summed E-state index contributed by atoms with van der Waals surface area (Å²) in [4.78, 5) is 17.0. The highest BCUT2D eigenvalue weighted by molar-refractivity contribution is 8.00. The Morgan fingerprint density at radius 2 is 2.09 bits per heavy atom. The number of nitrogens with zero attached hydrogens (tertiary/aromatic N) is 1. The molecule has 4 nitrogen and oxygen atoms in total. The molecule has 1 aromatic carbocycles. The van der Waals surface area contributed by atoms with Gasteiger partial charge < -0.3 is 0 Å². The molecule has 116 valence electrons. The number of benzene rings is 1. The molecule has 0 amide bonds. The Morgan fingerprint density at radius 1 is 1.36 bits per heavy atom. The Hall–Kier alpha value is -1.37. The molecule has 0 saturated heterocycles. The normalized spacial score (nSPS) is 11.4. The molecule has 0 spiro atoms. The van der Waals surface area contributed by atoms with Gasteiger partial charge in [0, 0.05) is 34.0 Å². The fraction of sp³-hybridized carbons (Fsp3) is 0.200. The van der Waals surface area contributed by atoms with Crippen molar-refractivity contribution in [2.75, 3.05) is 6.26 Å².